The topological polar surface area (TPSA) is 107 Å². The molecular formula is C11H15N5O. The molecule has 6 nitrogen and oxygen atoms in total. The average Bonchev–Trinajstić information content (AvgIpc) is 2.32. The molecule has 0 atom stereocenters. The quantitative estimate of drug-likeness (QED) is 0.259. The summed E-state index contributed by atoms with van der Waals surface area (Å²) in [6.07, 6.45) is 3.48. The van der Waals surface area contributed by atoms with Crippen LogP contribution in [-0.2, 0) is 0 Å². The van der Waals surface area contributed by atoms with E-state index in [2.05, 4.69) is 15.0 Å². The lowest BCUT2D eigenvalue weighted by Gasteiger charge is -1.99. The number of azide groups is 1. The number of hydrogen-bond donors (Lipinski definition) is 2. The van der Waals surface area contributed by atoms with Crippen molar-refractivity contribution in [3.8, 4) is 5.75 Å². The second kappa shape index (κ2) is 7.27. The van der Waals surface area contributed by atoms with E-state index in [1.165, 1.54) is 6.07 Å². The molecular weight excluding hydrogens is 218 g/mol. The molecule has 0 aromatic heterocycles. The Hall–Kier alpha value is -2.04. The lowest BCUT2D eigenvalue weighted by Crippen LogP contribution is -1.98. The minimum Gasteiger partial charge on any atom is -0.507 e. The highest BCUT2D eigenvalue weighted by atomic mass is 16.3. The Kier molecular flexibility index (Phi) is 5.57. The van der Waals surface area contributed by atoms with Gasteiger partial charge < -0.3 is 10.8 Å². The lowest BCUT2D eigenvalue weighted by atomic mass is 10.2. The van der Waals surface area contributed by atoms with E-state index in [-0.39, 0.29) is 5.75 Å². The fourth-order valence-corrected chi connectivity index (χ4v) is 1.27. The van der Waals surface area contributed by atoms with Gasteiger partial charge in [0.2, 0.25) is 0 Å². The van der Waals surface area contributed by atoms with Crippen molar-refractivity contribution in [3.63, 3.8) is 0 Å². The van der Waals surface area contributed by atoms with Gasteiger partial charge in [0.15, 0.2) is 0 Å². The molecule has 1 aromatic rings. The van der Waals surface area contributed by atoms with Crippen LogP contribution in [0, 0.1) is 0 Å². The summed E-state index contributed by atoms with van der Waals surface area (Å²) in [5.41, 5.74) is 14.6. The third-order valence-electron chi connectivity index (χ3n) is 2.15. The number of nitrogens with two attached hydrogens (primary N) is 1. The summed E-state index contributed by atoms with van der Waals surface area (Å²) in [5, 5.41) is 13.0. The van der Waals surface area contributed by atoms with Gasteiger partial charge in [-0.15, -0.1) is 0 Å². The molecule has 0 amide bonds. The zero-order valence-electron chi connectivity index (χ0n) is 9.45. The van der Waals surface area contributed by atoms with E-state index in [1.807, 2.05) is 0 Å². The molecule has 0 aliphatic rings. The monoisotopic (exact) mass is 233 g/mol. The van der Waals surface area contributed by atoms with Gasteiger partial charge in [-0.1, -0.05) is 11.2 Å². The molecule has 0 radical (unpaired) electrons. The van der Waals surface area contributed by atoms with Crippen molar-refractivity contribution in [2.75, 3.05) is 13.1 Å². The maximum Gasteiger partial charge on any atom is 0.124 e. The minimum absolute atomic E-state index is 0.0532. The second-order valence-electron chi connectivity index (χ2n) is 3.46. The summed E-state index contributed by atoms with van der Waals surface area (Å²) in [7, 11) is 0. The molecule has 1 rings (SSSR count). The maximum absolute atomic E-state index is 9.63. The van der Waals surface area contributed by atoms with Gasteiger partial charge in [0.25, 0.3) is 0 Å². The van der Waals surface area contributed by atoms with E-state index in [9.17, 15) is 5.11 Å². The fourth-order valence-electron chi connectivity index (χ4n) is 1.27. The van der Waals surface area contributed by atoms with Crippen molar-refractivity contribution in [1.29, 1.82) is 0 Å². The Bertz CT molecular complexity index is 437. The third-order valence-corrected chi connectivity index (χ3v) is 2.15. The van der Waals surface area contributed by atoms with Crippen LogP contribution in [0.15, 0.2) is 28.3 Å². The van der Waals surface area contributed by atoms with E-state index in [1.54, 1.807) is 18.3 Å². The summed E-state index contributed by atoms with van der Waals surface area (Å²) in [6.45, 7) is 1.36. The Morgan fingerprint density at radius 1 is 1.41 bits per heavy atom. The van der Waals surface area contributed by atoms with Gasteiger partial charge in [0.1, 0.15) is 5.75 Å². The van der Waals surface area contributed by atoms with Crippen LogP contribution in [0.2, 0.25) is 0 Å². The summed E-state index contributed by atoms with van der Waals surface area (Å²) in [6, 6.07) is 4.69. The van der Waals surface area contributed by atoms with Gasteiger partial charge in [-0.25, -0.2) is 0 Å². The Labute approximate surface area is 99.4 Å². The first-order valence-electron chi connectivity index (χ1n) is 5.36. The van der Waals surface area contributed by atoms with Gasteiger partial charge in [0, 0.05) is 28.9 Å². The average molecular weight is 233 g/mol. The predicted octanol–water partition coefficient (Wildman–Crippen LogP) is 2.49. The van der Waals surface area contributed by atoms with Crippen LogP contribution in [0.5, 0.6) is 5.75 Å². The molecule has 3 N–H and O–H groups in total. The van der Waals surface area contributed by atoms with Crippen molar-refractivity contribution < 1.29 is 5.11 Å². The number of unbranched alkanes of at least 4 members (excludes halogenated alkanes) is 1. The van der Waals surface area contributed by atoms with Gasteiger partial charge in [0.05, 0.1) is 0 Å². The van der Waals surface area contributed by atoms with Crippen molar-refractivity contribution in [3.05, 3.63) is 34.2 Å². The molecule has 0 saturated heterocycles. The van der Waals surface area contributed by atoms with E-state index in [0.29, 0.717) is 24.3 Å². The molecule has 0 aliphatic carbocycles. The minimum atomic E-state index is 0.0532. The SMILES string of the molecule is [N-]=[N+]=Nc1ccc(C=NCCCCN)c(O)c1. The zero-order chi connectivity index (χ0) is 12.5. The first-order valence-corrected chi connectivity index (χ1v) is 5.36. The number of aromatic hydroxyl groups is 1. The number of aliphatic imine (C=N–C) groups is 1. The van der Waals surface area contributed by atoms with Crippen LogP contribution in [0.3, 0.4) is 0 Å². The van der Waals surface area contributed by atoms with Crippen molar-refractivity contribution >= 4 is 11.9 Å². The number of phenols is 1. The van der Waals surface area contributed by atoms with Crippen LogP contribution in [0.25, 0.3) is 10.4 Å². The predicted molar refractivity (Wildman–Crippen MR) is 67.7 cm³/mol. The zero-order valence-corrected chi connectivity index (χ0v) is 9.45. The lowest BCUT2D eigenvalue weighted by molar-refractivity contribution is 0.474. The Balaban J connectivity index is 2.62. The highest BCUT2D eigenvalue weighted by molar-refractivity contribution is 5.84. The summed E-state index contributed by atoms with van der Waals surface area (Å²) < 4.78 is 0. The van der Waals surface area contributed by atoms with E-state index >= 15 is 0 Å². The molecule has 0 bridgehead atoms. The fraction of sp³-hybridized carbons (Fsp3) is 0.364. The highest BCUT2D eigenvalue weighted by Crippen LogP contribution is 2.22. The molecule has 0 spiro atoms. The van der Waals surface area contributed by atoms with E-state index in [0.717, 1.165) is 12.8 Å². The van der Waals surface area contributed by atoms with Gasteiger partial charge in [-0.2, -0.15) is 0 Å². The molecule has 0 saturated carbocycles. The van der Waals surface area contributed by atoms with Crippen LogP contribution in [-0.4, -0.2) is 24.4 Å². The highest BCUT2D eigenvalue weighted by Gasteiger charge is 1.98. The largest absolute Gasteiger partial charge is 0.507 e. The van der Waals surface area contributed by atoms with E-state index in [4.69, 9.17) is 11.3 Å². The standard InChI is InChI=1S/C11H15N5O/c12-5-1-2-6-14-8-9-3-4-10(15-16-13)7-11(9)17/h3-4,7-8,17H,1-2,5-6,12H2. The number of benzene rings is 1. The molecule has 0 fully saturated rings. The molecule has 0 heterocycles. The smallest absolute Gasteiger partial charge is 0.124 e. The first-order chi connectivity index (χ1) is 8.27. The molecule has 6 heteroatoms. The van der Waals surface area contributed by atoms with Crippen LogP contribution >= 0.6 is 0 Å². The molecule has 90 valence electrons. The van der Waals surface area contributed by atoms with Crippen molar-refractivity contribution in [2.24, 2.45) is 15.8 Å². The number of nitrogens with zero attached hydrogens (tertiary/aromatic N) is 4. The van der Waals surface area contributed by atoms with Crippen LogP contribution in [0.1, 0.15) is 18.4 Å². The summed E-state index contributed by atoms with van der Waals surface area (Å²) in [4.78, 5) is 6.81. The molecule has 0 aliphatic heterocycles. The van der Waals surface area contributed by atoms with Gasteiger partial charge in [-0.3, -0.25) is 4.99 Å². The Morgan fingerprint density at radius 3 is 2.88 bits per heavy atom. The van der Waals surface area contributed by atoms with Gasteiger partial charge in [-0.05, 0) is 37.1 Å². The first kappa shape index (κ1) is 13.0. The molecule has 1 aromatic carbocycles. The summed E-state index contributed by atoms with van der Waals surface area (Å²) in [5.74, 6) is 0.0532. The molecule has 0 unspecified atom stereocenters. The van der Waals surface area contributed by atoms with E-state index < -0.39 is 0 Å². The second-order valence-corrected chi connectivity index (χ2v) is 3.46. The number of hydrogen-bond acceptors (Lipinski definition) is 4. The van der Waals surface area contributed by atoms with Crippen molar-refractivity contribution in [2.45, 2.75) is 12.8 Å². The normalized spacial score (nSPS) is 10.4. The molecule has 17 heavy (non-hydrogen) atoms. The Morgan fingerprint density at radius 2 is 2.24 bits per heavy atom. The number of phenolic OH excluding ortho intramolecular Hbond substituents is 1. The van der Waals surface area contributed by atoms with Gasteiger partial charge >= 0.3 is 0 Å². The summed E-state index contributed by atoms with van der Waals surface area (Å²) >= 11 is 0. The van der Waals surface area contributed by atoms with Crippen LogP contribution in [0.4, 0.5) is 5.69 Å². The number of rotatable bonds is 6. The third kappa shape index (κ3) is 4.55. The maximum atomic E-state index is 9.63. The van der Waals surface area contributed by atoms with Crippen molar-refractivity contribution in [1.82, 2.24) is 0 Å². The van der Waals surface area contributed by atoms with Crippen LogP contribution < -0.4 is 5.73 Å².